The van der Waals surface area contributed by atoms with E-state index < -0.39 is 0 Å². The van der Waals surface area contributed by atoms with E-state index in [0.29, 0.717) is 0 Å². The number of hydrogen-bond acceptors (Lipinski definition) is 2. The number of nitrogens with two attached hydrogens (primary N) is 1. The van der Waals surface area contributed by atoms with Crippen molar-refractivity contribution in [2.75, 3.05) is 6.54 Å². The van der Waals surface area contributed by atoms with Crippen molar-refractivity contribution >= 4 is 11.3 Å². The fourth-order valence-electron chi connectivity index (χ4n) is 2.49. The molecule has 2 N–H and O–H groups in total. The van der Waals surface area contributed by atoms with Gasteiger partial charge in [0.1, 0.15) is 0 Å². The van der Waals surface area contributed by atoms with E-state index in [4.69, 9.17) is 5.73 Å². The molecule has 0 amide bonds. The summed E-state index contributed by atoms with van der Waals surface area (Å²) < 4.78 is 0. The largest absolute Gasteiger partial charge is 0.330 e. The topological polar surface area (TPSA) is 26.0 Å². The molecule has 0 aliphatic heterocycles. The normalized spacial score (nSPS) is 25.4. The maximum Gasteiger partial charge on any atom is 0.0114 e. The molecule has 1 heterocycles. The molecule has 0 bridgehead atoms. The molecule has 0 saturated carbocycles. The van der Waals surface area contributed by atoms with Crippen molar-refractivity contribution in [1.29, 1.82) is 0 Å². The third-order valence-electron chi connectivity index (χ3n) is 3.28. The number of rotatable bonds is 3. The summed E-state index contributed by atoms with van der Waals surface area (Å²) in [7, 11) is 0. The summed E-state index contributed by atoms with van der Waals surface area (Å²) in [6.45, 7) is 5.43. The van der Waals surface area contributed by atoms with Crippen molar-refractivity contribution in [3.8, 4) is 0 Å². The quantitative estimate of drug-likeness (QED) is 0.814. The Morgan fingerprint density at radius 3 is 3.00 bits per heavy atom. The van der Waals surface area contributed by atoms with E-state index in [2.05, 4.69) is 19.9 Å². The van der Waals surface area contributed by atoms with Crippen molar-refractivity contribution in [2.45, 2.75) is 39.0 Å². The zero-order valence-electron chi connectivity index (χ0n) is 9.05. The highest BCUT2D eigenvalue weighted by Crippen LogP contribution is 2.44. The van der Waals surface area contributed by atoms with E-state index in [-0.39, 0.29) is 0 Å². The van der Waals surface area contributed by atoms with Gasteiger partial charge in [0.25, 0.3) is 0 Å². The average Bonchev–Trinajstić information content (AvgIpc) is 2.67. The minimum absolute atomic E-state index is 0.750. The standard InChI is InChI=1S/C12H19NS/c1-3-10-7-9-6-8(2)11(4-5-13)12(9)14-10/h7-8,11H,3-6,13H2,1-2H3. The molecule has 78 valence electrons. The van der Waals surface area contributed by atoms with Gasteiger partial charge in [-0.3, -0.25) is 0 Å². The highest BCUT2D eigenvalue weighted by atomic mass is 32.1. The van der Waals surface area contributed by atoms with Crippen molar-refractivity contribution < 1.29 is 0 Å². The van der Waals surface area contributed by atoms with Crippen molar-refractivity contribution in [2.24, 2.45) is 11.7 Å². The van der Waals surface area contributed by atoms with Crippen LogP contribution in [-0.4, -0.2) is 6.54 Å². The molecule has 2 rings (SSSR count). The first-order valence-corrected chi connectivity index (χ1v) is 6.39. The Morgan fingerprint density at radius 2 is 2.36 bits per heavy atom. The number of thiophene rings is 1. The molecule has 2 heteroatoms. The van der Waals surface area contributed by atoms with Gasteiger partial charge in [-0.25, -0.2) is 0 Å². The molecule has 1 aromatic heterocycles. The maximum absolute atomic E-state index is 5.67. The Kier molecular flexibility index (Phi) is 2.93. The van der Waals surface area contributed by atoms with Crippen molar-refractivity contribution in [1.82, 2.24) is 0 Å². The van der Waals surface area contributed by atoms with Crippen LogP contribution in [0.25, 0.3) is 0 Å². The van der Waals surface area contributed by atoms with Gasteiger partial charge in [0.15, 0.2) is 0 Å². The maximum atomic E-state index is 5.67. The Hall–Kier alpha value is -0.340. The lowest BCUT2D eigenvalue weighted by Crippen LogP contribution is -2.09. The van der Waals surface area contributed by atoms with Crippen LogP contribution in [0.1, 0.15) is 41.5 Å². The van der Waals surface area contributed by atoms with E-state index in [1.54, 1.807) is 15.3 Å². The number of fused-ring (bicyclic) bond motifs is 1. The molecule has 1 nitrogen and oxygen atoms in total. The predicted octanol–water partition coefficient (Wildman–Crippen LogP) is 2.94. The zero-order chi connectivity index (χ0) is 10.1. The number of aryl methyl sites for hydroxylation is 1. The van der Waals surface area contributed by atoms with Crippen LogP contribution in [0.5, 0.6) is 0 Å². The molecule has 0 spiro atoms. The summed E-state index contributed by atoms with van der Waals surface area (Å²) in [5.74, 6) is 1.56. The molecule has 1 aliphatic rings. The van der Waals surface area contributed by atoms with Crippen LogP contribution in [-0.2, 0) is 12.8 Å². The van der Waals surface area contributed by atoms with Gasteiger partial charge in [-0.2, -0.15) is 0 Å². The zero-order valence-corrected chi connectivity index (χ0v) is 9.86. The first kappa shape index (κ1) is 10.2. The van der Waals surface area contributed by atoms with Crippen LogP contribution in [0, 0.1) is 5.92 Å². The smallest absolute Gasteiger partial charge is 0.0114 e. The lowest BCUT2D eigenvalue weighted by molar-refractivity contribution is 0.478. The molecular formula is C12H19NS. The van der Waals surface area contributed by atoms with Gasteiger partial charge in [-0.1, -0.05) is 13.8 Å². The van der Waals surface area contributed by atoms with Crippen LogP contribution >= 0.6 is 11.3 Å². The Labute approximate surface area is 90.3 Å². The number of hydrogen-bond donors (Lipinski definition) is 1. The molecule has 1 aromatic rings. The van der Waals surface area contributed by atoms with Gasteiger partial charge in [0.05, 0.1) is 0 Å². The average molecular weight is 209 g/mol. The second kappa shape index (κ2) is 4.03. The van der Waals surface area contributed by atoms with Crippen LogP contribution in [0.2, 0.25) is 0 Å². The SMILES string of the molecule is CCc1cc2c(s1)C(CCN)C(C)C2. The summed E-state index contributed by atoms with van der Waals surface area (Å²) in [5.41, 5.74) is 7.28. The Balaban J connectivity index is 2.25. The van der Waals surface area contributed by atoms with Gasteiger partial charge >= 0.3 is 0 Å². The molecule has 14 heavy (non-hydrogen) atoms. The molecule has 0 fully saturated rings. The highest BCUT2D eigenvalue weighted by molar-refractivity contribution is 7.12. The molecule has 0 radical (unpaired) electrons. The van der Waals surface area contributed by atoms with Crippen LogP contribution < -0.4 is 5.73 Å². The van der Waals surface area contributed by atoms with Crippen LogP contribution in [0.3, 0.4) is 0 Å². The van der Waals surface area contributed by atoms with E-state index in [9.17, 15) is 0 Å². The third-order valence-corrected chi connectivity index (χ3v) is 4.74. The first-order valence-electron chi connectivity index (χ1n) is 5.57. The van der Waals surface area contributed by atoms with Gasteiger partial charge < -0.3 is 5.73 Å². The highest BCUT2D eigenvalue weighted by Gasteiger charge is 2.30. The molecule has 2 unspecified atom stereocenters. The molecule has 1 aliphatic carbocycles. The third kappa shape index (κ3) is 1.61. The van der Waals surface area contributed by atoms with Crippen molar-refractivity contribution in [3.63, 3.8) is 0 Å². The molecule has 0 saturated heterocycles. The van der Waals surface area contributed by atoms with Crippen LogP contribution in [0.4, 0.5) is 0 Å². The van der Waals surface area contributed by atoms with Gasteiger partial charge in [-0.15, -0.1) is 11.3 Å². The van der Waals surface area contributed by atoms with Gasteiger partial charge in [0, 0.05) is 9.75 Å². The summed E-state index contributed by atoms with van der Waals surface area (Å²) in [5, 5.41) is 0. The Morgan fingerprint density at radius 1 is 1.57 bits per heavy atom. The molecule has 2 atom stereocenters. The fraction of sp³-hybridized carbons (Fsp3) is 0.667. The van der Waals surface area contributed by atoms with Gasteiger partial charge in [0.2, 0.25) is 0 Å². The lowest BCUT2D eigenvalue weighted by atomic mass is 9.95. The molecular weight excluding hydrogens is 190 g/mol. The van der Waals surface area contributed by atoms with E-state index in [0.717, 1.165) is 24.8 Å². The minimum atomic E-state index is 0.750. The van der Waals surface area contributed by atoms with Crippen LogP contribution in [0.15, 0.2) is 6.07 Å². The fourth-order valence-corrected chi connectivity index (χ4v) is 3.89. The summed E-state index contributed by atoms with van der Waals surface area (Å²) in [4.78, 5) is 3.18. The van der Waals surface area contributed by atoms with Crippen molar-refractivity contribution in [3.05, 3.63) is 21.4 Å². The monoisotopic (exact) mass is 209 g/mol. The summed E-state index contributed by atoms with van der Waals surface area (Å²) >= 11 is 2.02. The summed E-state index contributed by atoms with van der Waals surface area (Å²) in [6, 6.07) is 2.41. The van der Waals surface area contributed by atoms with E-state index >= 15 is 0 Å². The summed E-state index contributed by atoms with van der Waals surface area (Å²) in [6.07, 6.45) is 3.62. The lowest BCUT2D eigenvalue weighted by Gasteiger charge is -2.14. The minimum Gasteiger partial charge on any atom is -0.330 e. The molecule has 0 aromatic carbocycles. The predicted molar refractivity (Wildman–Crippen MR) is 63.0 cm³/mol. The second-order valence-corrected chi connectivity index (χ2v) is 5.49. The first-order chi connectivity index (χ1) is 6.76. The van der Waals surface area contributed by atoms with E-state index in [1.165, 1.54) is 12.8 Å². The Bertz CT molecular complexity index is 316. The second-order valence-electron chi connectivity index (χ2n) is 4.32. The van der Waals surface area contributed by atoms with Gasteiger partial charge in [-0.05, 0) is 49.3 Å². The van der Waals surface area contributed by atoms with E-state index in [1.807, 2.05) is 11.3 Å².